The maximum Gasteiger partial charge on any atom is 0.410 e. The van der Waals surface area contributed by atoms with Gasteiger partial charge in [-0.2, -0.15) is 0 Å². The molecule has 1 N–H and O–H groups in total. The van der Waals surface area contributed by atoms with Crippen molar-refractivity contribution in [1.82, 2.24) is 4.90 Å². The fourth-order valence-electron chi connectivity index (χ4n) is 1.16. The number of hydrogen-bond acceptors (Lipinski definition) is 3. The van der Waals surface area contributed by atoms with E-state index in [1.807, 2.05) is 20.8 Å². The topological polar surface area (TPSA) is 49.8 Å². The van der Waals surface area contributed by atoms with Gasteiger partial charge in [-0.05, 0) is 26.3 Å². The van der Waals surface area contributed by atoms with Gasteiger partial charge in [0.1, 0.15) is 5.60 Å². The third-order valence-electron chi connectivity index (χ3n) is 1.82. The van der Waals surface area contributed by atoms with E-state index in [1.54, 1.807) is 11.0 Å². The Bertz CT molecular complexity index is 245. The number of rotatable bonds is 1. The van der Waals surface area contributed by atoms with Crippen LogP contribution in [0.2, 0.25) is 0 Å². The quantitative estimate of drug-likeness (QED) is 0.645. The van der Waals surface area contributed by atoms with Gasteiger partial charge in [0.05, 0.1) is 6.61 Å². The number of aliphatic hydroxyl groups excluding tert-OH is 1. The van der Waals surface area contributed by atoms with Gasteiger partial charge < -0.3 is 14.7 Å². The molecule has 1 heterocycles. The summed E-state index contributed by atoms with van der Waals surface area (Å²) < 4.78 is 5.17. The average molecular weight is 199 g/mol. The second-order valence-corrected chi connectivity index (χ2v) is 4.38. The van der Waals surface area contributed by atoms with Gasteiger partial charge in [0.15, 0.2) is 0 Å². The zero-order valence-corrected chi connectivity index (χ0v) is 8.91. The maximum atomic E-state index is 11.4. The largest absolute Gasteiger partial charge is 0.444 e. The average Bonchev–Trinajstić information content (AvgIpc) is 1.91. The summed E-state index contributed by atoms with van der Waals surface area (Å²) in [6.07, 6.45) is 1.44. The molecule has 0 aliphatic carbocycles. The minimum absolute atomic E-state index is 0.0392. The lowest BCUT2D eigenvalue weighted by molar-refractivity contribution is 0.0213. The van der Waals surface area contributed by atoms with Gasteiger partial charge >= 0.3 is 6.09 Å². The summed E-state index contributed by atoms with van der Waals surface area (Å²) in [5.74, 6) is 0. The van der Waals surface area contributed by atoms with E-state index in [-0.39, 0.29) is 12.7 Å². The molecule has 14 heavy (non-hydrogen) atoms. The number of nitrogens with zero attached hydrogens (tertiary/aromatic N) is 1. The molecule has 0 spiro atoms. The molecule has 0 atom stereocenters. The fourth-order valence-corrected chi connectivity index (χ4v) is 1.16. The third-order valence-corrected chi connectivity index (χ3v) is 1.82. The first-order valence-electron chi connectivity index (χ1n) is 4.69. The summed E-state index contributed by atoms with van der Waals surface area (Å²) in [6.45, 7) is 6.72. The molecule has 4 nitrogen and oxygen atoms in total. The summed E-state index contributed by atoms with van der Waals surface area (Å²) in [5, 5.41) is 8.60. The number of ether oxygens (including phenoxy) is 1. The Balaban J connectivity index is 2.34. The van der Waals surface area contributed by atoms with Crippen LogP contribution in [0.5, 0.6) is 0 Å². The van der Waals surface area contributed by atoms with Crippen molar-refractivity contribution in [3.63, 3.8) is 0 Å². The Morgan fingerprint density at radius 3 is 2.57 bits per heavy atom. The number of carbonyl (C=O) groups excluding carboxylic acids is 1. The van der Waals surface area contributed by atoms with E-state index in [1.165, 1.54) is 0 Å². The van der Waals surface area contributed by atoms with Crippen molar-refractivity contribution in [2.45, 2.75) is 26.4 Å². The van der Waals surface area contributed by atoms with Crippen molar-refractivity contribution in [1.29, 1.82) is 0 Å². The van der Waals surface area contributed by atoms with Crippen molar-refractivity contribution in [3.8, 4) is 0 Å². The number of likely N-dealkylation sites (tertiary alicyclic amines) is 1. The SMILES string of the molecule is CC(C)(C)OC(=O)N1CC(=CCO)C1. The molecule has 4 heteroatoms. The Hall–Kier alpha value is -1.03. The van der Waals surface area contributed by atoms with Crippen LogP contribution < -0.4 is 0 Å². The summed E-state index contributed by atoms with van der Waals surface area (Å²) in [6, 6.07) is 0. The van der Waals surface area contributed by atoms with Gasteiger partial charge in [-0.15, -0.1) is 0 Å². The zero-order chi connectivity index (χ0) is 10.8. The molecule has 80 valence electrons. The van der Waals surface area contributed by atoms with Crippen LogP contribution in [0.4, 0.5) is 4.79 Å². The van der Waals surface area contributed by atoms with Gasteiger partial charge in [0.2, 0.25) is 0 Å². The standard InChI is InChI=1S/C10H17NO3/c1-10(2,3)14-9(13)11-6-8(7-11)4-5-12/h4,12H,5-7H2,1-3H3. The first-order chi connectivity index (χ1) is 6.42. The Labute approximate surface area is 84.2 Å². The van der Waals surface area contributed by atoms with Crippen LogP contribution in [-0.4, -0.2) is 41.4 Å². The normalized spacial score (nSPS) is 16.3. The molecule has 0 radical (unpaired) electrons. The van der Waals surface area contributed by atoms with E-state index >= 15 is 0 Å². The molecule has 1 rings (SSSR count). The lowest BCUT2D eigenvalue weighted by Gasteiger charge is -2.35. The molecule has 0 bridgehead atoms. The van der Waals surface area contributed by atoms with Crippen molar-refractivity contribution >= 4 is 6.09 Å². The Morgan fingerprint density at radius 2 is 2.14 bits per heavy atom. The highest BCUT2D eigenvalue weighted by Crippen LogP contribution is 2.18. The van der Waals surface area contributed by atoms with E-state index < -0.39 is 5.60 Å². The third kappa shape index (κ3) is 3.03. The smallest absolute Gasteiger partial charge is 0.410 e. The molecule has 0 unspecified atom stereocenters. The van der Waals surface area contributed by atoms with Crippen molar-refractivity contribution in [3.05, 3.63) is 11.6 Å². The Morgan fingerprint density at radius 1 is 1.57 bits per heavy atom. The molecular formula is C10H17NO3. The van der Waals surface area contributed by atoms with Crippen LogP contribution in [0.3, 0.4) is 0 Å². The molecule has 1 saturated heterocycles. The highest BCUT2D eigenvalue weighted by molar-refractivity contribution is 5.70. The molecule has 0 aromatic rings. The van der Waals surface area contributed by atoms with Gasteiger partial charge in [0.25, 0.3) is 0 Å². The Kier molecular flexibility index (Phi) is 3.16. The van der Waals surface area contributed by atoms with Crippen LogP contribution in [0.15, 0.2) is 11.6 Å². The van der Waals surface area contributed by atoms with Gasteiger partial charge in [-0.25, -0.2) is 4.79 Å². The number of hydrogen-bond donors (Lipinski definition) is 1. The maximum absolute atomic E-state index is 11.4. The van der Waals surface area contributed by atoms with E-state index in [2.05, 4.69) is 0 Å². The molecular weight excluding hydrogens is 182 g/mol. The molecule has 1 aliphatic heterocycles. The second-order valence-electron chi connectivity index (χ2n) is 4.38. The first kappa shape index (κ1) is 11.0. The summed E-state index contributed by atoms with van der Waals surface area (Å²) in [4.78, 5) is 13.0. The van der Waals surface area contributed by atoms with Crippen LogP contribution in [0.25, 0.3) is 0 Å². The monoisotopic (exact) mass is 199 g/mol. The van der Waals surface area contributed by atoms with Crippen LogP contribution in [0.1, 0.15) is 20.8 Å². The van der Waals surface area contributed by atoms with E-state index in [0.717, 1.165) is 5.57 Å². The van der Waals surface area contributed by atoms with E-state index in [9.17, 15) is 4.79 Å². The number of aliphatic hydroxyl groups is 1. The lowest BCUT2D eigenvalue weighted by Crippen LogP contribution is -2.46. The van der Waals surface area contributed by atoms with E-state index in [0.29, 0.717) is 13.1 Å². The molecule has 0 aromatic carbocycles. The molecule has 0 aromatic heterocycles. The van der Waals surface area contributed by atoms with E-state index in [4.69, 9.17) is 9.84 Å². The molecule has 0 saturated carbocycles. The van der Waals surface area contributed by atoms with Crippen molar-refractivity contribution in [2.75, 3.05) is 19.7 Å². The fraction of sp³-hybridized carbons (Fsp3) is 0.700. The summed E-state index contributed by atoms with van der Waals surface area (Å²) in [7, 11) is 0. The molecule has 1 aliphatic rings. The number of amides is 1. The van der Waals surface area contributed by atoms with Crippen LogP contribution in [-0.2, 0) is 4.74 Å². The molecule has 1 amide bonds. The van der Waals surface area contributed by atoms with Crippen LogP contribution in [0, 0.1) is 0 Å². The summed E-state index contributed by atoms with van der Waals surface area (Å²) >= 11 is 0. The van der Waals surface area contributed by atoms with Crippen LogP contribution >= 0.6 is 0 Å². The predicted molar refractivity (Wildman–Crippen MR) is 53.0 cm³/mol. The first-order valence-corrected chi connectivity index (χ1v) is 4.69. The zero-order valence-electron chi connectivity index (χ0n) is 8.91. The predicted octanol–water partition coefficient (Wildman–Crippen LogP) is 1.16. The summed E-state index contributed by atoms with van der Waals surface area (Å²) in [5.41, 5.74) is 0.645. The van der Waals surface area contributed by atoms with Gasteiger partial charge in [-0.3, -0.25) is 0 Å². The molecule has 1 fully saturated rings. The minimum atomic E-state index is -0.437. The second kappa shape index (κ2) is 4.00. The number of carbonyl (C=O) groups is 1. The van der Waals surface area contributed by atoms with Crippen molar-refractivity contribution < 1.29 is 14.6 Å². The highest BCUT2D eigenvalue weighted by Gasteiger charge is 2.28. The minimum Gasteiger partial charge on any atom is -0.444 e. The lowest BCUT2D eigenvalue weighted by atomic mass is 10.1. The van der Waals surface area contributed by atoms with Crippen molar-refractivity contribution in [2.24, 2.45) is 0 Å². The van der Waals surface area contributed by atoms with Gasteiger partial charge in [-0.1, -0.05) is 6.08 Å². The van der Waals surface area contributed by atoms with Gasteiger partial charge in [0, 0.05) is 13.1 Å². The highest BCUT2D eigenvalue weighted by atomic mass is 16.6.